The van der Waals surface area contributed by atoms with Gasteiger partial charge in [0.15, 0.2) is 0 Å². The summed E-state index contributed by atoms with van der Waals surface area (Å²) < 4.78 is 5.95. The average molecular weight is 420 g/mol. The number of carbonyl (C=O) groups is 1. The number of hydrogen-bond donors (Lipinski definition) is 0. The molecule has 0 aliphatic carbocycles. The van der Waals surface area contributed by atoms with Gasteiger partial charge in [-0.1, -0.05) is 93.1 Å². The number of amides is 1. The zero-order valence-electron chi connectivity index (χ0n) is 18.6. The van der Waals surface area contributed by atoms with Crippen LogP contribution in [-0.4, -0.2) is 41.0 Å². The van der Waals surface area contributed by atoms with Crippen LogP contribution < -0.4 is 0 Å². The van der Waals surface area contributed by atoms with Gasteiger partial charge in [-0.2, -0.15) is 0 Å². The van der Waals surface area contributed by atoms with Crippen molar-refractivity contribution in [1.29, 1.82) is 0 Å². The highest BCUT2D eigenvalue weighted by Crippen LogP contribution is 2.41. The topological polar surface area (TPSA) is 29.5 Å². The van der Waals surface area contributed by atoms with Crippen molar-refractivity contribution in [3.63, 3.8) is 0 Å². The number of hydrogen-bond acceptors (Lipinski definition) is 3. The quantitative estimate of drug-likeness (QED) is 0.454. The Morgan fingerprint density at radius 3 is 2.18 bits per heavy atom. The van der Waals surface area contributed by atoms with E-state index in [9.17, 15) is 4.79 Å². The summed E-state index contributed by atoms with van der Waals surface area (Å²) >= 11 is 1.53. The first-order chi connectivity index (χ1) is 13.1. The number of ether oxygens (including phenoxy) is 1. The predicted octanol–water partition coefficient (Wildman–Crippen LogP) is 6.82. The van der Waals surface area contributed by atoms with Crippen molar-refractivity contribution in [2.24, 2.45) is 0 Å². The Balaban J connectivity index is 2.34. The molecule has 1 aliphatic heterocycles. The molecule has 0 bridgehead atoms. The molecular formula is C23H37NO2SSi. The third-order valence-corrected chi connectivity index (χ3v) is 14.6. The fourth-order valence-electron chi connectivity index (χ4n) is 4.32. The van der Waals surface area contributed by atoms with Crippen LogP contribution in [0.2, 0.25) is 18.1 Å². The van der Waals surface area contributed by atoms with Crippen molar-refractivity contribution in [2.45, 2.75) is 82.7 Å². The van der Waals surface area contributed by atoms with Gasteiger partial charge in [0.1, 0.15) is 5.72 Å². The molecule has 3 nitrogen and oxygen atoms in total. The molecule has 0 aromatic heterocycles. The Labute approximate surface area is 176 Å². The van der Waals surface area contributed by atoms with E-state index in [-0.39, 0.29) is 15.7 Å². The fraction of sp³-hybridized carbons (Fsp3) is 0.609. The van der Waals surface area contributed by atoms with Gasteiger partial charge in [-0.15, -0.1) is 0 Å². The Bertz CT molecular complexity index is 659. The Kier molecular flexibility index (Phi) is 7.62. The first kappa shape index (κ1) is 23.2. The largest absolute Gasteiger partial charge is 0.354 e. The number of carbonyl (C=O) groups excluding carboxylic acids is 1. The number of thioether (sulfide) groups is 1. The molecule has 0 radical (unpaired) electrons. The van der Waals surface area contributed by atoms with E-state index in [1.165, 1.54) is 35.5 Å². The summed E-state index contributed by atoms with van der Waals surface area (Å²) in [5, 5.41) is 0.141. The highest BCUT2D eigenvalue weighted by molar-refractivity contribution is 8.15. The minimum Gasteiger partial charge on any atom is -0.354 e. The maximum absolute atomic E-state index is 13.5. The normalized spacial score (nSPS) is 19.9. The molecule has 1 aliphatic rings. The summed E-state index contributed by atoms with van der Waals surface area (Å²) in [5.41, 5.74) is 0.351. The van der Waals surface area contributed by atoms with Crippen LogP contribution in [0.1, 0.15) is 54.0 Å². The van der Waals surface area contributed by atoms with E-state index in [1.807, 2.05) is 24.8 Å². The Morgan fingerprint density at radius 1 is 1.14 bits per heavy atom. The molecule has 1 aromatic rings. The van der Waals surface area contributed by atoms with E-state index >= 15 is 0 Å². The lowest BCUT2D eigenvalue weighted by atomic mass is 10.1. The van der Waals surface area contributed by atoms with E-state index in [0.717, 1.165) is 0 Å². The van der Waals surface area contributed by atoms with E-state index in [2.05, 4.69) is 71.0 Å². The summed E-state index contributed by atoms with van der Waals surface area (Å²) in [6.07, 6.45) is 4.50. The SMILES string of the molecule is CC[Si](CC)(CC)[C@H](/C=C/c1ccccc1)SC(=O)N1C(C)(C)COC1(C)C. The lowest BCUT2D eigenvalue weighted by molar-refractivity contribution is -0.0298. The highest BCUT2D eigenvalue weighted by atomic mass is 32.2. The van der Waals surface area contributed by atoms with Crippen molar-refractivity contribution in [3.8, 4) is 0 Å². The zero-order chi connectivity index (χ0) is 21.0. The minimum absolute atomic E-state index is 0.141. The molecule has 1 amide bonds. The van der Waals surface area contributed by atoms with E-state index in [1.54, 1.807) is 0 Å². The van der Waals surface area contributed by atoms with Crippen molar-refractivity contribution in [2.75, 3.05) is 6.61 Å². The average Bonchev–Trinajstić information content (AvgIpc) is 2.89. The smallest absolute Gasteiger partial charge is 0.284 e. The van der Waals surface area contributed by atoms with Crippen molar-refractivity contribution < 1.29 is 9.53 Å². The standard InChI is InChI=1S/C23H37NO2SSi/c1-8-28(9-2,10-3)20(17-16-19-14-12-11-13-15-19)27-21(25)24-22(4,5)18-26-23(24,6)7/h11-17,20H,8-10,18H2,1-7H3/b17-16+/t20-/m1/s1. The lowest BCUT2D eigenvalue weighted by Crippen LogP contribution is -2.53. The molecule has 0 spiro atoms. The predicted molar refractivity (Wildman–Crippen MR) is 125 cm³/mol. The first-order valence-electron chi connectivity index (χ1n) is 10.5. The van der Waals surface area contributed by atoms with Gasteiger partial charge in [-0.3, -0.25) is 9.69 Å². The van der Waals surface area contributed by atoms with Gasteiger partial charge in [0.25, 0.3) is 5.24 Å². The van der Waals surface area contributed by atoms with Crippen LogP contribution in [0, 0.1) is 0 Å². The number of benzene rings is 1. The lowest BCUT2D eigenvalue weighted by Gasteiger charge is -2.40. The second-order valence-corrected chi connectivity index (χ2v) is 15.9. The molecule has 28 heavy (non-hydrogen) atoms. The fourth-order valence-corrected chi connectivity index (χ4v) is 11.3. The summed E-state index contributed by atoms with van der Waals surface area (Å²) in [6, 6.07) is 14.0. The van der Waals surface area contributed by atoms with Crippen LogP contribution in [0.3, 0.4) is 0 Å². The summed E-state index contributed by atoms with van der Waals surface area (Å²) in [7, 11) is -1.62. The molecule has 156 valence electrons. The maximum Gasteiger partial charge on any atom is 0.284 e. The first-order valence-corrected chi connectivity index (χ1v) is 14.1. The molecule has 1 fully saturated rings. The van der Waals surface area contributed by atoms with Crippen LogP contribution in [-0.2, 0) is 4.74 Å². The second-order valence-electron chi connectivity index (χ2n) is 8.88. The third-order valence-electron chi connectivity index (χ3n) is 6.31. The van der Waals surface area contributed by atoms with E-state index in [0.29, 0.717) is 6.61 Å². The molecule has 1 saturated heterocycles. The van der Waals surface area contributed by atoms with Gasteiger partial charge in [0, 0.05) is 4.87 Å². The summed E-state index contributed by atoms with van der Waals surface area (Å²) in [5.74, 6) is 0. The molecule has 1 heterocycles. The van der Waals surface area contributed by atoms with Gasteiger partial charge in [-0.25, -0.2) is 0 Å². The van der Waals surface area contributed by atoms with Crippen molar-refractivity contribution >= 4 is 31.2 Å². The molecule has 5 heteroatoms. The van der Waals surface area contributed by atoms with Gasteiger partial charge in [0.2, 0.25) is 0 Å². The summed E-state index contributed by atoms with van der Waals surface area (Å²) in [4.78, 5) is 15.7. The van der Waals surface area contributed by atoms with Crippen LogP contribution in [0.4, 0.5) is 4.79 Å². The second kappa shape index (κ2) is 9.18. The maximum atomic E-state index is 13.5. The van der Waals surface area contributed by atoms with Crippen LogP contribution in [0.5, 0.6) is 0 Å². The Morgan fingerprint density at radius 2 is 1.71 bits per heavy atom. The third kappa shape index (κ3) is 4.92. The van der Waals surface area contributed by atoms with Crippen LogP contribution in [0.15, 0.2) is 36.4 Å². The van der Waals surface area contributed by atoms with E-state index < -0.39 is 13.8 Å². The van der Waals surface area contributed by atoms with Gasteiger partial charge in [0.05, 0.1) is 20.2 Å². The number of nitrogens with zero attached hydrogens (tertiary/aromatic N) is 1. The van der Waals surface area contributed by atoms with Crippen molar-refractivity contribution in [3.05, 3.63) is 42.0 Å². The monoisotopic (exact) mass is 419 g/mol. The zero-order valence-corrected chi connectivity index (χ0v) is 20.4. The molecular weight excluding hydrogens is 382 g/mol. The molecule has 1 atom stereocenters. The highest BCUT2D eigenvalue weighted by Gasteiger charge is 2.50. The molecule has 1 aromatic carbocycles. The molecule has 0 saturated carbocycles. The minimum atomic E-state index is -1.62. The number of rotatable bonds is 7. The van der Waals surface area contributed by atoms with Crippen LogP contribution >= 0.6 is 11.8 Å². The molecule has 0 N–H and O–H groups in total. The Hall–Kier alpha value is -1.04. The molecule has 0 unspecified atom stereocenters. The van der Waals surface area contributed by atoms with Crippen LogP contribution in [0.25, 0.3) is 6.08 Å². The van der Waals surface area contributed by atoms with Gasteiger partial charge in [-0.05, 0) is 33.3 Å². The van der Waals surface area contributed by atoms with Gasteiger partial charge < -0.3 is 4.74 Å². The van der Waals surface area contributed by atoms with Crippen molar-refractivity contribution in [1.82, 2.24) is 4.90 Å². The summed E-state index contributed by atoms with van der Waals surface area (Å²) in [6.45, 7) is 15.7. The van der Waals surface area contributed by atoms with Gasteiger partial charge >= 0.3 is 0 Å². The van der Waals surface area contributed by atoms with E-state index in [4.69, 9.17) is 4.74 Å². The molecule has 2 rings (SSSR count).